The van der Waals surface area contributed by atoms with Crippen molar-refractivity contribution in [2.24, 2.45) is 11.7 Å². The molecule has 2 rings (SSSR count). The van der Waals surface area contributed by atoms with E-state index in [2.05, 4.69) is 42.4 Å². The van der Waals surface area contributed by atoms with Crippen LogP contribution in [0.3, 0.4) is 0 Å². The molecule has 1 aliphatic rings. The van der Waals surface area contributed by atoms with E-state index in [-0.39, 0.29) is 11.6 Å². The van der Waals surface area contributed by atoms with Crippen LogP contribution >= 0.6 is 0 Å². The summed E-state index contributed by atoms with van der Waals surface area (Å²) in [4.78, 5) is 6.86. The zero-order valence-corrected chi connectivity index (χ0v) is 13.5. The third-order valence-electron chi connectivity index (χ3n) is 5.27. The molecule has 20 heavy (non-hydrogen) atoms. The van der Waals surface area contributed by atoms with Crippen molar-refractivity contribution in [3.63, 3.8) is 0 Å². The van der Waals surface area contributed by atoms with Gasteiger partial charge in [-0.1, -0.05) is 6.92 Å². The Hall–Kier alpha value is -0.870. The molecule has 1 aliphatic carbocycles. The van der Waals surface area contributed by atoms with Crippen molar-refractivity contribution in [1.82, 2.24) is 14.5 Å². The highest BCUT2D eigenvalue weighted by molar-refractivity contribution is 5.05. The first-order valence-corrected chi connectivity index (χ1v) is 7.92. The van der Waals surface area contributed by atoms with Crippen LogP contribution in [0.15, 0.2) is 12.4 Å². The van der Waals surface area contributed by atoms with Gasteiger partial charge in [-0.2, -0.15) is 0 Å². The first-order chi connectivity index (χ1) is 9.49. The van der Waals surface area contributed by atoms with Crippen molar-refractivity contribution in [2.75, 3.05) is 14.1 Å². The molecule has 0 radical (unpaired) electrons. The van der Waals surface area contributed by atoms with Gasteiger partial charge < -0.3 is 15.2 Å². The van der Waals surface area contributed by atoms with Gasteiger partial charge >= 0.3 is 0 Å². The smallest absolute Gasteiger partial charge is 0.110 e. The standard InChI is InChI=1S/C16H30N4/c1-5-20-11-10-18-15(20)12-14(17)16(19(3)4)8-6-13(2)7-9-16/h10-11,13-14H,5-9,12,17H2,1-4H3. The third kappa shape index (κ3) is 2.91. The predicted molar refractivity (Wildman–Crippen MR) is 83.6 cm³/mol. The van der Waals surface area contributed by atoms with E-state index in [1.54, 1.807) is 0 Å². The van der Waals surface area contributed by atoms with Crippen LogP contribution in [-0.2, 0) is 13.0 Å². The summed E-state index contributed by atoms with van der Waals surface area (Å²) < 4.78 is 2.20. The first kappa shape index (κ1) is 15.5. The number of hydrogen-bond acceptors (Lipinski definition) is 3. The van der Waals surface area contributed by atoms with Gasteiger partial charge in [-0.3, -0.25) is 0 Å². The second-order valence-corrected chi connectivity index (χ2v) is 6.62. The normalized spacial score (nSPS) is 28.8. The summed E-state index contributed by atoms with van der Waals surface area (Å²) in [6.07, 6.45) is 9.78. The van der Waals surface area contributed by atoms with Gasteiger partial charge in [-0.15, -0.1) is 0 Å². The molecule has 1 aromatic rings. The van der Waals surface area contributed by atoms with Gasteiger partial charge in [0.2, 0.25) is 0 Å². The number of hydrogen-bond donors (Lipinski definition) is 1. The van der Waals surface area contributed by atoms with Crippen LogP contribution in [0, 0.1) is 5.92 Å². The molecule has 4 nitrogen and oxygen atoms in total. The molecule has 1 heterocycles. The second kappa shape index (κ2) is 6.27. The number of nitrogens with two attached hydrogens (primary N) is 1. The van der Waals surface area contributed by atoms with E-state index in [0.29, 0.717) is 0 Å². The van der Waals surface area contributed by atoms with E-state index < -0.39 is 0 Å². The molecule has 1 unspecified atom stereocenters. The van der Waals surface area contributed by atoms with Crippen LogP contribution in [0.2, 0.25) is 0 Å². The molecule has 1 atom stereocenters. The molecular weight excluding hydrogens is 248 g/mol. The molecule has 0 spiro atoms. The van der Waals surface area contributed by atoms with Crippen LogP contribution in [-0.4, -0.2) is 40.1 Å². The number of likely N-dealkylation sites (N-methyl/N-ethyl adjacent to an activating group) is 1. The quantitative estimate of drug-likeness (QED) is 0.899. The Morgan fingerprint density at radius 2 is 2.10 bits per heavy atom. The number of nitrogens with zero attached hydrogens (tertiary/aromatic N) is 3. The Balaban J connectivity index is 2.13. The van der Waals surface area contributed by atoms with Gasteiger partial charge in [-0.05, 0) is 52.6 Å². The lowest BCUT2D eigenvalue weighted by Gasteiger charge is -2.48. The third-order valence-corrected chi connectivity index (χ3v) is 5.27. The maximum absolute atomic E-state index is 6.65. The molecule has 2 N–H and O–H groups in total. The molecule has 1 fully saturated rings. The van der Waals surface area contributed by atoms with Gasteiger partial charge in [-0.25, -0.2) is 4.98 Å². The summed E-state index contributed by atoms with van der Waals surface area (Å²) in [6.45, 7) is 5.48. The zero-order valence-electron chi connectivity index (χ0n) is 13.5. The molecule has 1 aromatic heterocycles. The van der Waals surface area contributed by atoms with E-state index in [9.17, 15) is 0 Å². The molecule has 4 heteroatoms. The van der Waals surface area contributed by atoms with E-state index in [1.807, 2.05) is 12.4 Å². The van der Waals surface area contributed by atoms with Crippen LogP contribution in [0.1, 0.15) is 45.4 Å². The maximum atomic E-state index is 6.65. The Bertz CT molecular complexity index is 416. The summed E-state index contributed by atoms with van der Waals surface area (Å²) in [7, 11) is 4.37. The highest BCUT2D eigenvalue weighted by atomic mass is 15.2. The van der Waals surface area contributed by atoms with Crippen molar-refractivity contribution in [2.45, 2.75) is 64.1 Å². The summed E-state index contributed by atoms with van der Waals surface area (Å²) in [5, 5.41) is 0. The van der Waals surface area contributed by atoms with Gasteiger partial charge in [0.25, 0.3) is 0 Å². The zero-order chi connectivity index (χ0) is 14.8. The fraction of sp³-hybridized carbons (Fsp3) is 0.812. The Morgan fingerprint density at radius 1 is 1.45 bits per heavy atom. The fourth-order valence-corrected chi connectivity index (χ4v) is 3.62. The molecule has 114 valence electrons. The summed E-state index contributed by atoms with van der Waals surface area (Å²) in [5.41, 5.74) is 6.79. The minimum Gasteiger partial charge on any atom is -0.335 e. The van der Waals surface area contributed by atoms with Crippen molar-refractivity contribution in [3.8, 4) is 0 Å². The number of aromatic nitrogens is 2. The van der Waals surface area contributed by atoms with Crippen molar-refractivity contribution >= 4 is 0 Å². The monoisotopic (exact) mass is 278 g/mol. The molecule has 0 saturated heterocycles. The number of imidazole rings is 1. The van der Waals surface area contributed by atoms with Crippen LogP contribution < -0.4 is 5.73 Å². The summed E-state index contributed by atoms with van der Waals surface area (Å²) in [5.74, 6) is 1.97. The predicted octanol–water partition coefficient (Wildman–Crippen LogP) is 2.28. The lowest BCUT2D eigenvalue weighted by atomic mass is 9.71. The Morgan fingerprint density at radius 3 is 2.65 bits per heavy atom. The van der Waals surface area contributed by atoms with E-state index in [1.165, 1.54) is 25.7 Å². The average Bonchev–Trinajstić information content (AvgIpc) is 2.86. The highest BCUT2D eigenvalue weighted by Gasteiger charge is 2.41. The second-order valence-electron chi connectivity index (χ2n) is 6.62. The lowest BCUT2D eigenvalue weighted by molar-refractivity contribution is 0.0560. The minimum absolute atomic E-state index is 0.136. The maximum Gasteiger partial charge on any atom is 0.110 e. The topological polar surface area (TPSA) is 47.1 Å². The van der Waals surface area contributed by atoms with Crippen LogP contribution in [0.5, 0.6) is 0 Å². The summed E-state index contributed by atoms with van der Waals surface area (Å²) in [6, 6.07) is 0.151. The highest BCUT2D eigenvalue weighted by Crippen LogP contribution is 2.37. The SMILES string of the molecule is CCn1ccnc1CC(N)C1(N(C)C)CCC(C)CC1. The van der Waals surface area contributed by atoms with Gasteiger partial charge in [0, 0.05) is 36.9 Å². The Labute approximate surface area is 123 Å². The first-order valence-electron chi connectivity index (χ1n) is 7.92. The van der Waals surface area contributed by atoms with E-state index in [0.717, 1.165) is 24.7 Å². The number of aryl methyl sites for hydroxylation is 1. The molecule has 0 aliphatic heterocycles. The molecule has 0 bridgehead atoms. The van der Waals surface area contributed by atoms with Gasteiger partial charge in [0.1, 0.15) is 5.82 Å². The van der Waals surface area contributed by atoms with Crippen molar-refractivity contribution < 1.29 is 0 Å². The minimum atomic E-state index is 0.136. The summed E-state index contributed by atoms with van der Waals surface area (Å²) >= 11 is 0. The van der Waals surface area contributed by atoms with Crippen molar-refractivity contribution in [3.05, 3.63) is 18.2 Å². The van der Waals surface area contributed by atoms with Crippen LogP contribution in [0.4, 0.5) is 0 Å². The van der Waals surface area contributed by atoms with E-state index >= 15 is 0 Å². The van der Waals surface area contributed by atoms with Gasteiger partial charge in [0.15, 0.2) is 0 Å². The average molecular weight is 278 g/mol. The van der Waals surface area contributed by atoms with Crippen molar-refractivity contribution in [1.29, 1.82) is 0 Å². The Kier molecular flexibility index (Phi) is 4.86. The lowest BCUT2D eigenvalue weighted by Crippen LogP contribution is -2.60. The number of rotatable bonds is 5. The van der Waals surface area contributed by atoms with E-state index in [4.69, 9.17) is 5.73 Å². The molecule has 0 aromatic carbocycles. The fourth-order valence-electron chi connectivity index (χ4n) is 3.62. The molecule has 1 saturated carbocycles. The molecule has 0 amide bonds. The van der Waals surface area contributed by atoms with Crippen LogP contribution in [0.25, 0.3) is 0 Å². The van der Waals surface area contributed by atoms with Gasteiger partial charge in [0.05, 0.1) is 0 Å². The largest absolute Gasteiger partial charge is 0.335 e. The molecular formula is C16H30N4.